The van der Waals surface area contributed by atoms with E-state index in [1.165, 1.54) is 7.11 Å². The van der Waals surface area contributed by atoms with Crippen molar-refractivity contribution in [3.8, 4) is 5.75 Å². The molecule has 0 saturated heterocycles. The van der Waals surface area contributed by atoms with Crippen molar-refractivity contribution in [1.82, 2.24) is 0 Å². The molecule has 0 aliphatic rings. The van der Waals surface area contributed by atoms with Gasteiger partial charge >= 0.3 is 5.97 Å². The van der Waals surface area contributed by atoms with Crippen LogP contribution in [0.3, 0.4) is 0 Å². The zero-order valence-electron chi connectivity index (χ0n) is 17.5. The third-order valence-corrected chi connectivity index (χ3v) is 3.96. The molecule has 1 amide bonds. The largest absolute Gasteiger partial charge is 0.492 e. The molecule has 6 heteroatoms. The van der Waals surface area contributed by atoms with Crippen molar-refractivity contribution in [2.75, 3.05) is 25.6 Å². The first-order valence-electron chi connectivity index (χ1n) is 9.43. The van der Waals surface area contributed by atoms with Crippen LogP contribution in [0.15, 0.2) is 18.2 Å². The molecular weight excluding hydrogens is 346 g/mol. The minimum Gasteiger partial charge on any atom is -0.492 e. The van der Waals surface area contributed by atoms with Gasteiger partial charge in [0.2, 0.25) is 0 Å². The zero-order valence-corrected chi connectivity index (χ0v) is 17.5. The van der Waals surface area contributed by atoms with Crippen LogP contribution in [-0.2, 0) is 14.3 Å². The molecule has 0 unspecified atom stereocenters. The highest BCUT2D eigenvalue weighted by molar-refractivity contribution is 5.99. The van der Waals surface area contributed by atoms with Crippen molar-refractivity contribution in [3.05, 3.63) is 23.8 Å². The normalized spacial score (nSPS) is 13.4. The number of methoxy groups -OCH3 is 1. The quantitative estimate of drug-likeness (QED) is 0.614. The van der Waals surface area contributed by atoms with Gasteiger partial charge in [0.15, 0.2) is 0 Å². The molecule has 0 aliphatic heterocycles. The summed E-state index contributed by atoms with van der Waals surface area (Å²) in [5.74, 6) is 0.287. The highest BCUT2D eigenvalue weighted by Crippen LogP contribution is 2.27. The van der Waals surface area contributed by atoms with E-state index in [-0.39, 0.29) is 11.5 Å². The van der Waals surface area contributed by atoms with Crippen molar-refractivity contribution in [2.45, 2.75) is 53.6 Å². The fraction of sp³-hybridized carbons (Fsp3) is 0.619. The molecule has 1 atom stereocenters. The average Bonchev–Trinajstić information content (AvgIpc) is 2.59. The van der Waals surface area contributed by atoms with Crippen LogP contribution in [0.2, 0.25) is 0 Å². The van der Waals surface area contributed by atoms with Crippen molar-refractivity contribution in [2.24, 2.45) is 11.8 Å². The van der Waals surface area contributed by atoms with Crippen LogP contribution in [0.5, 0.6) is 5.75 Å². The Morgan fingerprint density at radius 3 is 2.33 bits per heavy atom. The minimum absolute atomic E-state index is 0.246. The lowest BCUT2D eigenvalue weighted by atomic mass is 9.93. The van der Waals surface area contributed by atoms with Crippen LogP contribution in [0.25, 0.3) is 0 Å². The maximum absolute atomic E-state index is 12.8. The predicted molar refractivity (Wildman–Crippen MR) is 106 cm³/mol. The number of nitrogens with one attached hydrogen (secondary N) is 1. The molecule has 1 aromatic rings. The van der Waals surface area contributed by atoms with Gasteiger partial charge in [0.1, 0.15) is 16.9 Å². The number of benzene rings is 1. The fourth-order valence-corrected chi connectivity index (χ4v) is 2.84. The number of hydrogen-bond acceptors (Lipinski definition) is 5. The van der Waals surface area contributed by atoms with Gasteiger partial charge in [0.05, 0.1) is 13.7 Å². The number of carbonyl (C=O) groups excluding carboxylic acids is 2. The molecule has 1 rings (SSSR count). The maximum atomic E-state index is 12.8. The van der Waals surface area contributed by atoms with Gasteiger partial charge in [0.25, 0.3) is 5.91 Å². The van der Waals surface area contributed by atoms with E-state index in [9.17, 15) is 9.59 Å². The molecule has 0 aromatic heterocycles. The number of hydrogen-bond donors (Lipinski definition) is 1. The maximum Gasteiger partial charge on any atom is 0.341 e. The summed E-state index contributed by atoms with van der Waals surface area (Å²) < 4.78 is 16.3. The first-order chi connectivity index (χ1) is 12.6. The van der Waals surface area contributed by atoms with Crippen molar-refractivity contribution < 1.29 is 23.8 Å². The van der Waals surface area contributed by atoms with E-state index < -0.39 is 11.6 Å². The molecule has 0 radical (unpaired) electrons. The second-order valence-corrected chi connectivity index (χ2v) is 7.62. The SMILES string of the molecule is CCO[C@](C)(CC(C)C)C(=O)Nc1ccc(OCC(C)C)c(C(=O)OC)c1. The Bertz CT molecular complexity index is 641. The standard InChI is InChI=1S/C21H33NO5/c1-8-27-21(6,12-14(2)3)20(24)22-16-9-10-18(26-13-15(4)5)17(11-16)19(23)25-7/h9-11,14-15H,8,12-13H2,1-7H3,(H,22,24)/t21-/m1/s1. The second-order valence-electron chi connectivity index (χ2n) is 7.62. The minimum atomic E-state index is -0.943. The van der Waals surface area contributed by atoms with Crippen LogP contribution < -0.4 is 10.1 Å². The third-order valence-electron chi connectivity index (χ3n) is 3.96. The fourth-order valence-electron chi connectivity index (χ4n) is 2.84. The van der Waals surface area contributed by atoms with Gasteiger partial charge in [-0.05, 0) is 50.3 Å². The van der Waals surface area contributed by atoms with E-state index in [0.717, 1.165) is 0 Å². The van der Waals surface area contributed by atoms with Gasteiger partial charge in [-0.25, -0.2) is 4.79 Å². The Labute approximate surface area is 162 Å². The topological polar surface area (TPSA) is 73.9 Å². The van der Waals surface area contributed by atoms with Crippen LogP contribution in [0.4, 0.5) is 5.69 Å². The van der Waals surface area contributed by atoms with Gasteiger partial charge in [0, 0.05) is 12.3 Å². The van der Waals surface area contributed by atoms with Crippen molar-refractivity contribution in [3.63, 3.8) is 0 Å². The summed E-state index contributed by atoms with van der Waals surface area (Å²) in [5.41, 5.74) is -0.175. The van der Waals surface area contributed by atoms with Crippen LogP contribution in [0, 0.1) is 11.8 Å². The Morgan fingerprint density at radius 1 is 1.15 bits per heavy atom. The lowest BCUT2D eigenvalue weighted by molar-refractivity contribution is -0.140. The van der Waals surface area contributed by atoms with E-state index >= 15 is 0 Å². The molecule has 0 spiro atoms. The highest BCUT2D eigenvalue weighted by Gasteiger charge is 2.34. The smallest absolute Gasteiger partial charge is 0.341 e. The highest BCUT2D eigenvalue weighted by atomic mass is 16.5. The second kappa shape index (κ2) is 10.3. The van der Waals surface area contributed by atoms with E-state index in [0.29, 0.717) is 42.9 Å². The molecule has 0 saturated carbocycles. The summed E-state index contributed by atoms with van der Waals surface area (Å²) >= 11 is 0. The summed E-state index contributed by atoms with van der Waals surface area (Å²) in [6.45, 7) is 12.7. The Morgan fingerprint density at radius 2 is 1.81 bits per heavy atom. The van der Waals surface area contributed by atoms with Crippen LogP contribution in [0.1, 0.15) is 58.3 Å². The number of rotatable bonds is 10. The molecule has 0 heterocycles. The lowest BCUT2D eigenvalue weighted by Crippen LogP contribution is -2.44. The summed E-state index contributed by atoms with van der Waals surface area (Å²) in [7, 11) is 1.31. The van der Waals surface area contributed by atoms with E-state index in [2.05, 4.69) is 5.32 Å². The van der Waals surface area contributed by atoms with Gasteiger partial charge in [-0.15, -0.1) is 0 Å². The predicted octanol–water partition coefficient (Wildman–Crippen LogP) is 4.29. The molecule has 1 aromatic carbocycles. The van der Waals surface area contributed by atoms with Crippen molar-refractivity contribution >= 4 is 17.6 Å². The summed E-state index contributed by atoms with van der Waals surface area (Å²) in [5, 5.41) is 2.86. The number of amides is 1. The Kier molecular flexibility index (Phi) is 8.76. The molecule has 152 valence electrons. The van der Waals surface area contributed by atoms with E-state index in [1.54, 1.807) is 25.1 Å². The molecular formula is C21H33NO5. The van der Waals surface area contributed by atoms with Crippen LogP contribution >= 0.6 is 0 Å². The van der Waals surface area contributed by atoms with Gasteiger partial charge < -0.3 is 19.5 Å². The average molecular weight is 379 g/mol. The van der Waals surface area contributed by atoms with Gasteiger partial charge in [-0.2, -0.15) is 0 Å². The van der Waals surface area contributed by atoms with Gasteiger partial charge in [-0.1, -0.05) is 27.7 Å². The summed E-state index contributed by atoms with van der Waals surface area (Å²) in [6.07, 6.45) is 0.589. The molecule has 27 heavy (non-hydrogen) atoms. The van der Waals surface area contributed by atoms with E-state index in [1.807, 2.05) is 34.6 Å². The number of anilines is 1. The molecule has 0 fully saturated rings. The number of carbonyl (C=O) groups is 2. The zero-order chi connectivity index (χ0) is 20.6. The Hall–Kier alpha value is -2.08. The molecule has 1 N–H and O–H groups in total. The molecule has 0 bridgehead atoms. The third kappa shape index (κ3) is 6.86. The number of ether oxygens (including phenoxy) is 3. The summed E-state index contributed by atoms with van der Waals surface area (Å²) in [4.78, 5) is 24.9. The van der Waals surface area contributed by atoms with Crippen LogP contribution in [-0.4, -0.2) is 37.8 Å². The molecule has 0 aliphatic carbocycles. The summed E-state index contributed by atoms with van der Waals surface area (Å²) in [6, 6.07) is 4.95. The monoisotopic (exact) mass is 379 g/mol. The lowest BCUT2D eigenvalue weighted by Gasteiger charge is -2.30. The Balaban J connectivity index is 3.08. The van der Waals surface area contributed by atoms with E-state index in [4.69, 9.17) is 14.2 Å². The first-order valence-corrected chi connectivity index (χ1v) is 9.43. The van der Waals surface area contributed by atoms with Gasteiger partial charge in [-0.3, -0.25) is 4.79 Å². The van der Waals surface area contributed by atoms with Crippen molar-refractivity contribution in [1.29, 1.82) is 0 Å². The number of esters is 1. The molecule has 6 nitrogen and oxygen atoms in total. The first kappa shape index (κ1) is 23.0.